The normalized spacial score (nSPS) is 10.3. The van der Waals surface area contributed by atoms with E-state index in [1.807, 2.05) is 6.92 Å². The van der Waals surface area contributed by atoms with Crippen LogP contribution >= 0.6 is 11.6 Å². The summed E-state index contributed by atoms with van der Waals surface area (Å²) in [4.78, 5) is 25.2. The van der Waals surface area contributed by atoms with E-state index in [0.29, 0.717) is 23.6 Å². The molecule has 3 rings (SSSR count). The molecule has 0 heterocycles. The van der Waals surface area contributed by atoms with Crippen molar-refractivity contribution in [3.05, 3.63) is 88.7 Å². The molecule has 2 N–H and O–H groups in total. The second-order valence-electron chi connectivity index (χ2n) is 6.04. The third-order valence-electron chi connectivity index (χ3n) is 4.01. The Kier molecular flexibility index (Phi) is 6.46. The molecule has 5 nitrogen and oxygen atoms in total. The molecule has 29 heavy (non-hydrogen) atoms. The molecular formula is C22H18ClFN2O3. The number of ether oxygens (including phenoxy) is 1. The van der Waals surface area contributed by atoms with Crippen molar-refractivity contribution in [2.75, 3.05) is 17.2 Å². The topological polar surface area (TPSA) is 67.4 Å². The minimum Gasteiger partial charge on any atom is -0.493 e. The van der Waals surface area contributed by atoms with Crippen molar-refractivity contribution in [2.24, 2.45) is 0 Å². The van der Waals surface area contributed by atoms with Crippen molar-refractivity contribution in [3.63, 3.8) is 0 Å². The van der Waals surface area contributed by atoms with Gasteiger partial charge in [-0.05, 0) is 61.5 Å². The van der Waals surface area contributed by atoms with E-state index in [9.17, 15) is 14.0 Å². The van der Waals surface area contributed by atoms with Crippen molar-refractivity contribution in [2.45, 2.75) is 6.92 Å². The Balaban J connectivity index is 1.79. The van der Waals surface area contributed by atoms with Gasteiger partial charge >= 0.3 is 0 Å². The van der Waals surface area contributed by atoms with Gasteiger partial charge in [-0.2, -0.15) is 0 Å². The molecule has 3 aromatic carbocycles. The number of halogens is 2. The molecule has 0 spiro atoms. The van der Waals surface area contributed by atoms with E-state index in [2.05, 4.69) is 10.6 Å². The van der Waals surface area contributed by atoms with Crippen LogP contribution in [-0.2, 0) is 0 Å². The van der Waals surface area contributed by atoms with E-state index >= 15 is 0 Å². The lowest BCUT2D eigenvalue weighted by Gasteiger charge is -2.12. The van der Waals surface area contributed by atoms with Gasteiger partial charge in [-0.15, -0.1) is 0 Å². The lowest BCUT2D eigenvalue weighted by molar-refractivity contribution is 0.101. The maximum Gasteiger partial charge on any atom is 0.259 e. The van der Waals surface area contributed by atoms with E-state index < -0.39 is 17.6 Å². The number of hydrogen-bond acceptors (Lipinski definition) is 3. The number of anilines is 2. The Morgan fingerprint density at radius 3 is 2.41 bits per heavy atom. The molecule has 0 atom stereocenters. The summed E-state index contributed by atoms with van der Waals surface area (Å²) in [6, 6.07) is 16.8. The van der Waals surface area contributed by atoms with E-state index in [-0.39, 0.29) is 16.3 Å². The van der Waals surface area contributed by atoms with E-state index in [1.165, 1.54) is 42.5 Å². The zero-order chi connectivity index (χ0) is 20.8. The zero-order valence-electron chi connectivity index (χ0n) is 15.5. The Morgan fingerprint density at radius 2 is 1.69 bits per heavy atom. The van der Waals surface area contributed by atoms with Gasteiger partial charge in [0.2, 0.25) is 0 Å². The number of nitrogens with one attached hydrogen (secondary N) is 2. The van der Waals surface area contributed by atoms with Gasteiger partial charge in [-0.25, -0.2) is 4.39 Å². The van der Waals surface area contributed by atoms with Gasteiger partial charge in [0, 0.05) is 11.3 Å². The van der Waals surface area contributed by atoms with Gasteiger partial charge in [-0.3, -0.25) is 9.59 Å². The minimum absolute atomic E-state index is 0.283. The van der Waals surface area contributed by atoms with E-state index in [0.717, 1.165) is 0 Å². The van der Waals surface area contributed by atoms with Crippen LogP contribution in [-0.4, -0.2) is 18.4 Å². The molecule has 7 heteroatoms. The quantitative estimate of drug-likeness (QED) is 0.571. The smallest absolute Gasteiger partial charge is 0.259 e. The number of carbonyl (C=O) groups excluding carboxylic acids is 2. The van der Waals surface area contributed by atoms with Crippen LogP contribution in [0.2, 0.25) is 5.02 Å². The van der Waals surface area contributed by atoms with E-state index in [1.54, 1.807) is 24.3 Å². The van der Waals surface area contributed by atoms with Crippen LogP contribution in [0, 0.1) is 5.82 Å². The average molecular weight is 413 g/mol. The first-order valence-electron chi connectivity index (χ1n) is 8.87. The van der Waals surface area contributed by atoms with Crippen molar-refractivity contribution in [3.8, 4) is 5.75 Å². The van der Waals surface area contributed by atoms with Crippen molar-refractivity contribution < 1.29 is 18.7 Å². The molecule has 0 bridgehead atoms. The van der Waals surface area contributed by atoms with Gasteiger partial charge in [0.15, 0.2) is 0 Å². The molecule has 0 unspecified atom stereocenters. The first-order chi connectivity index (χ1) is 14.0. The van der Waals surface area contributed by atoms with Crippen molar-refractivity contribution >= 4 is 34.8 Å². The number of hydrogen-bond donors (Lipinski definition) is 2. The van der Waals surface area contributed by atoms with Gasteiger partial charge < -0.3 is 15.4 Å². The fourth-order valence-corrected chi connectivity index (χ4v) is 2.79. The predicted molar refractivity (Wildman–Crippen MR) is 111 cm³/mol. The van der Waals surface area contributed by atoms with Gasteiger partial charge in [0.1, 0.15) is 11.6 Å². The number of amides is 2. The molecule has 0 aliphatic carbocycles. The summed E-state index contributed by atoms with van der Waals surface area (Å²) < 4.78 is 18.5. The van der Waals surface area contributed by atoms with E-state index in [4.69, 9.17) is 16.3 Å². The van der Waals surface area contributed by atoms with Gasteiger partial charge in [-0.1, -0.05) is 23.7 Å². The van der Waals surface area contributed by atoms with Crippen LogP contribution in [0.3, 0.4) is 0 Å². The lowest BCUT2D eigenvalue weighted by Crippen LogP contribution is -2.16. The van der Waals surface area contributed by atoms with Crippen molar-refractivity contribution in [1.29, 1.82) is 0 Å². The first-order valence-corrected chi connectivity index (χ1v) is 9.25. The SMILES string of the molecule is CCOc1ccccc1C(=O)Nc1cc(C(=O)Nc2ccc(F)cc2)ccc1Cl. The summed E-state index contributed by atoms with van der Waals surface area (Å²) >= 11 is 6.19. The largest absolute Gasteiger partial charge is 0.493 e. The highest BCUT2D eigenvalue weighted by molar-refractivity contribution is 6.34. The monoisotopic (exact) mass is 412 g/mol. The molecule has 0 aromatic heterocycles. The van der Waals surface area contributed by atoms with Crippen LogP contribution in [0.1, 0.15) is 27.6 Å². The molecule has 0 aliphatic heterocycles. The third kappa shape index (κ3) is 5.12. The molecule has 148 valence electrons. The first kappa shape index (κ1) is 20.4. The summed E-state index contributed by atoms with van der Waals surface area (Å²) in [7, 11) is 0. The summed E-state index contributed by atoms with van der Waals surface area (Å²) in [6.07, 6.45) is 0. The number of carbonyl (C=O) groups is 2. The highest BCUT2D eigenvalue weighted by Gasteiger charge is 2.15. The zero-order valence-corrected chi connectivity index (χ0v) is 16.3. The van der Waals surface area contributed by atoms with Gasteiger partial charge in [0.05, 0.1) is 22.9 Å². The molecule has 0 saturated heterocycles. The van der Waals surface area contributed by atoms with Gasteiger partial charge in [0.25, 0.3) is 11.8 Å². The second kappa shape index (κ2) is 9.21. The fraction of sp³-hybridized carbons (Fsp3) is 0.0909. The number of rotatable bonds is 6. The average Bonchev–Trinajstić information content (AvgIpc) is 2.72. The maximum absolute atomic E-state index is 13.0. The molecular weight excluding hydrogens is 395 g/mol. The Bertz CT molecular complexity index is 1040. The molecule has 0 radical (unpaired) electrons. The Hall–Kier alpha value is -3.38. The second-order valence-corrected chi connectivity index (χ2v) is 6.45. The standard InChI is InChI=1S/C22H18ClFN2O3/c1-2-29-20-6-4-3-5-17(20)22(28)26-19-13-14(7-12-18(19)23)21(27)25-16-10-8-15(24)9-11-16/h3-13H,2H2,1H3,(H,25,27)(H,26,28). The Labute approximate surface area is 172 Å². The van der Waals surface area contributed by atoms with Crippen LogP contribution in [0.15, 0.2) is 66.7 Å². The fourth-order valence-electron chi connectivity index (χ4n) is 2.62. The van der Waals surface area contributed by atoms with Crippen LogP contribution in [0.5, 0.6) is 5.75 Å². The summed E-state index contributed by atoms with van der Waals surface area (Å²) in [5, 5.41) is 5.66. The molecule has 3 aromatic rings. The molecule has 0 saturated carbocycles. The maximum atomic E-state index is 13.0. The highest BCUT2D eigenvalue weighted by atomic mass is 35.5. The predicted octanol–water partition coefficient (Wildman–Crippen LogP) is 5.38. The molecule has 2 amide bonds. The molecule has 0 aliphatic rings. The minimum atomic E-state index is -0.418. The third-order valence-corrected chi connectivity index (χ3v) is 4.34. The lowest BCUT2D eigenvalue weighted by atomic mass is 10.1. The van der Waals surface area contributed by atoms with Crippen LogP contribution in [0.25, 0.3) is 0 Å². The molecule has 0 fully saturated rings. The van der Waals surface area contributed by atoms with Crippen LogP contribution < -0.4 is 15.4 Å². The number of para-hydroxylation sites is 1. The summed E-state index contributed by atoms with van der Waals surface area (Å²) in [5.41, 5.74) is 1.37. The Morgan fingerprint density at radius 1 is 0.966 bits per heavy atom. The summed E-state index contributed by atoms with van der Waals surface area (Å²) in [5.74, 6) is -0.772. The summed E-state index contributed by atoms with van der Waals surface area (Å²) in [6.45, 7) is 2.25. The van der Waals surface area contributed by atoms with Crippen molar-refractivity contribution in [1.82, 2.24) is 0 Å². The number of benzene rings is 3. The highest BCUT2D eigenvalue weighted by Crippen LogP contribution is 2.26. The van der Waals surface area contributed by atoms with Crippen LogP contribution in [0.4, 0.5) is 15.8 Å².